The molecular formula is C23H28ClN3O3. The van der Waals surface area contributed by atoms with Crippen LogP contribution in [0.2, 0.25) is 5.02 Å². The van der Waals surface area contributed by atoms with Crippen LogP contribution >= 0.6 is 11.6 Å². The predicted molar refractivity (Wildman–Crippen MR) is 122 cm³/mol. The van der Waals surface area contributed by atoms with E-state index < -0.39 is 5.97 Å². The molecule has 6 nitrogen and oxygen atoms in total. The third kappa shape index (κ3) is 3.32. The van der Waals surface area contributed by atoms with Crippen LogP contribution < -0.4 is 10.3 Å². The number of esters is 1. The number of nitrogens with zero attached hydrogens (tertiary/aromatic N) is 3. The van der Waals surface area contributed by atoms with Crippen molar-refractivity contribution in [3.05, 3.63) is 44.7 Å². The molecule has 2 unspecified atom stereocenters. The first-order valence-corrected chi connectivity index (χ1v) is 11.0. The number of hydrogen-bond acceptors (Lipinski definition) is 5. The zero-order valence-corrected chi connectivity index (χ0v) is 18.7. The van der Waals surface area contributed by atoms with Crippen LogP contribution in [0.5, 0.6) is 0 Å². The maximum absolute atomic E-state index is 13.2. The van der Waals surface area contributed by atoms with Crippen molar-refractivity contribution in [2.24, 2.45) is 0 Å². The first kappa shape index (κ1) is 20.9. The van der Waals surface area contributed by atoms with Crippen LogP contribution in [0.4, 0.5) is 5.69 Å². The number of ether oxygens (including phenoxy) is 1. The number of rotatable bonds is 4. The highest BCUT2D eigenvalue weighted by atomic mass is 35.5. The Balaban J connectivity index is 1.92. The Kier molecular flexibility index (Phi) is 5.64. The molecule has 0 N–H and O–H groups in total. The molecule has 3 heterocycles. The number of halogens is 1. The average Bonchev–Trinajstić information content (AvgIpc) is 2.72. The third-order valence-corrected chi connectivity index (χ3v) is 6.53. The van der Waals surface area contributed by atoms with E-state index >= 15 is 0 Å². The second-order valence-corrected chi connectivity index (χ2v) is 8.45. The van der Waals surface area contributed by atoms with E-state index in [0.717, 1.165) is 42.9 Å². The van der Waals surface area contributed by atoms with E-state index in [0.29, 0.717) is 16.5 Å². The maximum atomic E-state index is 13.2. The van der Waals surface area contributed by atoms with Gasteiger partial charge in [-0.2, -0.15) is 0 Å². The van der Waals surface area contributed by atoms with Gasteiger partial charge in [0.25, 0.3) is 0 Å². The van der Waals surface area contributed by atoms with Crippen LogP contribution in [0.1, 0.15) is 49.7 Å². The largest absolute Gasteiger partial charge is 0.462 e. The quantitative estimate of drug-likeness (QED) is 0.689. The molecule has 0 radical (unpaired) electrons. The second kappa shape index (κ2) is 8.08. The zero-order chi connectivity index (χ0) is 21.6. The second-order valence-electron chi connectivity index (χ2n) is 8.04. The molecule has 1 aromatic carbocycles. The van der Waals surface area contributed by atoms with Gasteiger partial charge in [-0.1, -0.05) is 30.7 Å². The number of anilines is 1. The van der Waals surface area contributed by atoms with E-state index in [4.69, 9.17) is 16.3 Å². The number of pyridine rings is 1. The summed E-state index contributed by atoms with van der Waals surface area (Å²) in [5, 5.41) is 0.999. The van der Waals surface area contributed by atoms with Crippen LogP contribution in [0.3, 0.4) is 0 Å². The number of piperazine rings is 1. The highest BCUT2D eigenvalue weighted by Crippen LogP contribution is 2.40. The van der Waals surface area contributed by atoms with Gasteiger partial charge in [0, 0.05) is 48.9 Å². The van der Waals surface area contributed by atoms with Gasteiger partial charge in [-0.3, -0.25) is 9.69 Å². The summed E-state index contributed by atoms with van der Waals surface area (Å²) in [4.78, 5) is 30.3. The van der Waals surface area contributed by atoms with Gasteiger partial charge in [0.1, 0.15) is 5.56 Å². The van der Waals surface area contributed by atoms with Gasteiger partial charge < -0.3 is 14.2 Å². The van der Waals surface area contributed by atoms with E-state index in [9.17, 15) is 9.59 Å². The molecule has 160 valence electrons. The fourth-order valence-electron chi connectivity index (χ4n) is 4.66. The lowest BCUT2D eigenvalue weighted by molar-refractivity contribution is 0.0524. The van der Waals surface area contributed by atoms with Crippen LogP contribution in [0.15, 0.2) is 23.1 Å². The molecule has 0 amide bonds. The van der Waals surface area contributed by atoms with Crippen molar-refractivity contribution in [1.29, 1.82) is 0 Å². The van der Waals surface area contributed by atoms with Gasteiger partial charge in [-0.05, 0) is 33.4 Å². The average molecular weight is 430 g/mol. The molecular weight excluding hydrogens is 402 g/mol. The molecule has 1 saturated heterocycles. The Morgan fingerprint density at radius 3 is 2.70 bits per heavy atom. The van der Waals surface area contributed by atoms with Gasteiger partial charge in [0.15, 0.2) is 0 Å². The molecule has 2 aliphatic heterocycles. The predicted octanol–water partition coefficient (Wildman–Crippen LogP) is 3.95. The minimum Gasteiger partial charge on any atom is -0.462 e. The molecule has 30 heavy (non-hydrogen) atoms. The van der Waals surface area contributed by atoms with Crippen molar-refractivity contribution in [1.82, 2.24) is 9.47 Å². The normalized spacial score (nSPS) is 21.3. The van der Waals surface area contributed by atoms with Crippen molar-refractivity contribution >= 4 is 40.2 Å². The van der Waals surface area contributed by atoms with Gasteiger partial charge in [0.05, 0.1) is 22.8 Å². The van der Waals surface area contributed by atoms with Gasteiger partial charge >= 0.3 is 5.97 Å². The van der Waals surface area contributed by atoms with E-state index in [1.807, 2.05) is 11.5 Å². The number of benzene rings is 1. The summed E-state index contributed by atoms with van der Waals surface area (Å²) in [7, 11) is 0. The Morgan fingerprint density at radius 1 is 1.27 bits per heavy atom. The summed E-state index contributed by atoms with van der Waals surface area (Å²) in [5.41, 5.74) is 2.45. The molecule has 2 aromatic rings. The Hall–Kier alpha value is -2.31. The Bertz CT molecular complexity index is 1090. The summed E-state index contributed by atoms with van der Waals surface area (Å²) in [6.07, 6.45) is 5.77. The van der Waals surface area contributed by atoms with Gasteiger partial charge in [-0.25, -0.2) is 4.79 Å². The maximum Gasteiger partial charge on any atom is 0.343 e. The van der Waals surface area contributed by atoms with Crippen molar-refractivity contribution in [3.63, 3.8) is 0 Å². The molecule has 2 atom stereocenters. The minimum absolute atomic E-state index is 0.0127. The molecule has 0 bridgehead atoms. The van der Waals surface area contributed by atoms with Crippen LogP contribution in [0, 0.1) is 0 Å². The van der Waals surface area contributed by atoms with E-state index in [-0.39, 0.29) is 23.6 Å². The number of carbonyl (C=O) groups is 1. The van der Waals surface area contributed by atoms with E-state index in [2.05, 4.69) is 35.8 Å². The first-order chi connectivity index (χ1) is 14.4. The molecule has 2 aliphatic rings. The summed E-state index contributed by atoms with van der Waals surface area (Å²) in [5.74, 6) is -0.596. The van der Waals surface area contributed by atoms with E-state index in [1.54, 1.807) is 19.2 Å². The number of hydrogen-bond donors (Lipinski definition) is 0. The lowest BCUT2D eigenvalue weighted by Gasteiger charge is -2.41. The van der Waals surface area contributed by atoms with Crippen molar-refractivity contribution in [2.45, 2.75) is 39.8 Å². The monoisotopic (exact) mass is 429 g/mol. The fourth-order valence-corrected chi connectivity index (χ4v) is 4.99. The molecule has 0 spiro atoms. The molecule has 7 heteroatoms. The smallest absolute Gasteiger partial charge is 0.343 e. The summed E-state index contributed by atoms with van der Waals surface area (Å²) < 4.78 is 7.10. The Labute approximate surface area is 181 Å². The minimum atomic E-state index is -0.596. The molecule has 0 saturated carbocycles. The fraction of sp³-hybridized carbons (Fsp3) is 0.478. The van der Waals surface area contributed by atoms with Gasteiger partial charge in [-0.15, -0.1) is 0 Å². The number of likely N-dealkylation sites (N-methyl/N-ethyl adjacent to an activating group) is 1. The van der Waals surface area contributed by atoms with E-state index in [1.165, 1.54) is 0 Å². The molecule has 4 rings (SSSR count). The highest BCUT2D eigenvalue weighted by molar-refractivity contribution is 6.35. The molecule has 0 aliphatic carbocycles. The zero-order valence-electron chi connectivity index (χ0n) is 17.9. The number of carbonyl (C=O) groups excluding carboxylic acids is 1. The topological polar surface area (TPSA) is 54.8 Å². The number of aromatic nitrogens is 1. The first-order valence-electron chi connectivity index (χ1n) is 10.6. The number of allylic oxidation sites excluding steroid dienone is 1. The van der Waals surface area contributed by atoms with Gasteiger partial charge in [0.2, 0.25) is 5.43 Å². The summed E-state index contributed by atoms with van der Waals surface area (Å²) >= 11 is 6.76. The SMILES string of the molecule is CCOC(=O)c1cn2c3c(c(N4CCN(CC)C(C)C4)c(Cl)cc3c1=O)C=CC2C. The van der Waals surface area contributed by atoms with Crippen LogP contribution in [-0.2, 0) is 4.74 Å². The van der Waals surface area contributed by atoms with Crippen molar-refractivity contribution < 1.29 is 9.53 Å². The van der Waals surface area contributed by atoms with Crippen molar-refractivity contribution in [3.8, 4) is 0 Å². The lowest BCUT2D eigenvalue weighted by Crippen LogP contribution is -2.52. The summed E-state index contributed by atoms with van der Waals surface area (Å²) in [6.45, 7) is 12.2. The Morgan fingerprint density at radius 2 is 2.03 bits per heavy atom. The standard InChI is InChI=1S/C23H28ClN3O3/c1-5-25-9-10-26(12-15(25)4)21-16-8-7-14(3)27-13-18(23(29)30-6-2)22(28)17(20(16)27)11-19(21)24/h7-8,11,13-15H,5-6,9-10,12H2,1-4H3. The molecule has 1 aromatic heterocycles. The highest BCUT2D eigenvalue weighted by Gasteiger charge is 2.29. The van der Waals surface area contributed by atoms with Crippen molar-refractivity contribution in [2.75, 3.05) is 37.7 Å². The molecule has 1 fully saturated rings. The lowest BCUT2D eigenvalue weighted by atomic mass is 9.98. The third-order valence-electron chi connectivity index (χ3n) is 6.24. The summed E-state index contributed by atoms with van der Waals surface area (Å²) in [6, 6.07) is 2.15. The van der Waals surface area contributed by atoms with Crippen LogP contribution in [0.25, 0.3) is 17.0 Å². The van der Waals surface area contributed by atoms with Crippen LogP contribution in [-0.4, -0.2) is 54.3 Å².